The molecule has 3 N–H and O–H groups in total. The fourth-order valence-corrected chi connectivity index (χ4v) is 4.12. The van der Waals surface area contributed by atoms with E-state index in [-0.39, 0.29) is 29.4 Å². The lowest BCUT2D eigenvalue weighted by Crippen LogP contribution is -2.48. The average molecular weight is 404 g/mol. The Morgan fingerprint density at radius 3 is 2.43 bits per heavy atom. The molecule has 0 bridgehead atoms. The highest BCUT2D eigenvalue weighted by molar-refractivity contribution is 6.25. The Bertz CT molecular complexity index is 1130. The highest BCUT2D eigenvalue weighted by Crippen LogP contribution is 2.52. The van der Waals surface area contributed by atoms with Crippen LogP contribution in [0, 0.1) is 0 Å². The van der Waals surface area contributed by atoms with Gasteiger partial charge < -0.3 is 20.5 Å². The lowest BCUT2D eigenvalue weighted by molar-refractivity contribution is -0.140. The van der Waals surface area contributed by atoms with Gasteiger partial charge in [-0.05, 0) is 19.9 Å². The van der Waals surface area contributed by atoms with Crippen molar-refractivity contribution in [2.24, 2.45) is 5.73 Å². The number of Topliss-reactive ketones (excluding diaryl/α,β-unsaturated/α-hetero) is 1. The van der Waals surface area contributed by atoms with Gasteiger partial charge in [0.25, 0.3) is 0 Å². The van der Waals surface area contributed by atoms with Gasteiger partial charge in [0.15, 0.2) is 5.78 Å². The molecule has 1 spiro atoms. The van der Waals surface area contributed by atoms with Crippen LogP contribution >= 0.6 is 0 Å². The molecule has 152 valence electrons. The van der Waals surface area contributed by atoms with E-state index in [9.17, 15) is 14.4 Å². The Hall–Kier alpha value is -3.87. The number of nitrogens with two attached hydrogens (primary N) is 1. The minimum Gasteiger partial charge on any atom is -0.462 e. The van der Waals surface area contributed by atoms with E-state index in [1.807, 2.05) is 0 Å². The van der Waals surface area contributed by atoms with Crippen LogP contribution in [0.15, 0.2) is 77.4 Å². The van der Waals surface area contributed by atoms with E-state index in [0.717, 1.165) is 0 Å². The monoisotopic (exact) mass is 404 g/mol. The maximum absolute atomic E-state index is 13.6. The van der Waals surface area contributed by atoms with Crippen molar-refractivity contribution in [3.05, 3.63) is 88.5 Å². The molecule has 2 aromatic carbocycles. The van der Waals surface area contributed by atoms with Gasteiger partial charge >= 0.3 is 5.97 Å². The zero-order chi connectivity index (χ0) is 21.5. The first kappa shape index (κ1) is 19.4. The number of fused-ring (bicyclic) bond motifs is 2. The molecule has 4 rings (SSSR count). The third-order valence-electron chi connectivity index (χ3n) is 5.27. The molecule has 0 radical (unpaired) electrons. The number of anilines is 1. The summed E-state index contributed by atoms with van der Waals surface area (Å²) in [6.45, 7) is 3.27. The number of nitrogens with one attached hydrogen (secondary N) is 1. The van der Waals surface area contributed by atoms with Gasteiger partial charge in [-0.15, -0.1) is 0 Å². The van der Waals surface area contributed by atoms with Crippen LogP contribution in [0.4, 0.5) is 5.69 Å². The summed E-state index contributed by atoms with van der Waals surface area (Å²) < 4.78 is 10.8. The number of carbonyl (C=O) groups is 3. The number of para-hydroxylation sites is 1. The van der Waals surface area contributed by atoms with Crippen molar-refractivity contribution in [1.82, 2.24) is 0 Å². The minimum atomic E-state index is -1.78. The van der Waals surface area contributed by atoms with E-state index in [1.165, 1.54) is 0 Å². The number of hydrogen-bond donors (Lipinski definition) is 2. The van der Waals surface area contributed by atoms with E-state index < -0.39 is 23.1 Å². The van der Waals surface area contributed by atoms with Gasteiger partial charge in [-0.3, -0.25) is 9.59 Å². The molecule has 0 aliphatic carbocycles. The molecule has 0 saturated heterocycles. The van der Waals surface area contributed by atoms with Crippen LogP contribution in [0.25, 0.3) is 0 Å². The quantitative estimate of drug-likeness (QED) is 0.599. The molecule has 2 heterocycles. The average Bonchev–Trinajstić information content (AvgIpc) is 3.00. The molecule has 0 fully saturated rings. The fraction of sp³-hybridized carbons (Fsp3) is 0.174. The van der Waals surface area contributed by atoms with Crippen molar-refractivity contribution in [3.8, 4) is 0 Å². The molecule has 2 aliphatic heterocycles. The third-order valence-corrected chi connectivity index (χ3v) is 5.27. The molecule has 7 heteroatoms. The fourth-order valence-electron chi connectivity index (χ4n) is 4.12. The summed E-state index contributed by atoms with van der Waals surface area (Å²) >= 11 is 0. The van der Waals surface area contributed by atoms with E-state index in [4.69, 9.17) is 15.2 Å². The number of benzene rings is 2. The summed E-state index contributed by atoms with van der Waals surface area (Å²) in [4.78, 5) is 40.1. The predicted octanol–water partition coefficient (Wildman–Crippen LogP) is 2.80. The topological polar surface area (TPSA) is 108 Å². The van der Waals surface area contributed by atoms with Crippen molar-refractivity contribution in [3.63, 3.8) is 0 Å². The number of carbonyl (C=O) groups excluding carboxylic acids is 3. The summed E-state index contributed by atoms with van der Waals surface area (Å²) in [6.07, 6.45) is 0. The number of ether oxygens (including phenoxy) is 2. The Morgan fingerprint density at radius 2 is 1.73 bits per heavy atom. The van der Waals surface area contributed by atoms with Crippen molar-refractivity contribution >= 4 is 23.3 Å². The molecule has 0 saturated carbocycles. The van der Waals surface area contributed by atoms with Crippen LogP contribution in [-0.2, 0) is 24.5 Å². The second-order valence-electron chi connectivity index (χ2n) is 6.94. The SMILES string of the molecule is CCOC(=O)C1=C(N)OC(C)=C(C(=O)c2ccccc2)C12C(=O)Nc1ccccc12. The smallest absolute Gasteiger partial charge is 0.341 e. The Labute approximate surface area is 173 Å². The molecular formula is C23H20N2O5. The van der Waals surface area contributed by atoms with Crippen LogP contribution in [0.5, 0.6) is 0 Å². The highest BCUT2D eigenvalue weighted by atomic mass is 16.5. The molecule has 7 nitrogen and oxygen atoms in total. The summed E-state index contributed by atoms with van der Waals surface area (Å²) in [7, 11) is 0. The molecule has 2 aliphatic rings. The molecule has 0 aromatic heterocycles. The van der Waals surface area contributed by atoms with Crippen molar-refractivity contribution in [1.29, 1.82) is 0 Å². The van der Waals surface area contributed by atoms with Crippen molar-refractivity contribution in [2.45, 2.75) is 19.3 Å². The van der Waals surface area contributed by atoms with Crippen LogP contribution in [0.2, 0.25) is 0 Å². The van der Waals surface area contributed by atoms with Gasteiger partial charge in [0, 0.05) is 16.8 Å². The van der Waals surface area contributed by atoms with Crippen LogP contribution in [0.3, 0.4) is 0 Å². The molecular weight excluding hydrogens is 384 g/mol. The first-order chi connectivity index (χ1) is 14.4. The number of ketones is 1. The van der Waals surface area contributed by atoms with E-state index >= 15 is 0 Å². The van der Waals surface area contributed by atoms with Crippen molar-refractivity contribution in [2.75, 3.05) is 11.9 Å². The van der Waals surface area contributed by atoms with Crippen LogP contribution in [-0.4, -0.2) is 24.3 Å². The number of allylic oxidation sites excluding steroid dienone is 1. The van der Waals surface area contributed by atoms with E-state index in [2.05, 4.69) is 5.32 Å². The highest BCUT2D eigenvalue weighted by Gasteiger charge is 2.61. The lowest BCUT2D eigenvalue weighted by Gasteiger charge is -2.36. The third kappa shape index (κ3) is 2.62. The minimum absolute atomic E-state index is 0.0356. The molecule has 2 aromatic rings. The Kier molecular flexibility index (Phi) is 4.66. The zero-order valence-electron chi connectivity index (χ0n) is 16.5. The second-order valence-corrected chi connectivity index (χ2v) is 6.94. The molecule has 30 heavy (non-hydrogen) atoms. The largest absolute Gasteiger partial charge is 0.462 e. The Balaban J connectivity index is 2.05. The summed E-state index contributed by atoms with van der Waals surface area (Å²) in [5, 5.41) is 2.78. The standard InChI is InChI=1S/C23H20N2O5/c1-3-29-21(27)18-20(24)30-13(2)17(19(26)14-9-5-4-6-10-14)23(18)15-11-7-8-12-16(15)25-22(23)28/h4-12H,3,24H2,1-2H3,(H,25,28). The Morgan fingerprint density at radius 1 is 1.07 bits per heavy atom. The second kappa shape index (κ2) is 7.18. The summed E-state index contributed by atoms with van der Waals surface area (Å²) in [5.41, 5.74) is 5.46. The lowest BCUT2D eigenvalue weighted by atomic mass is 9.66. The first-order valence-electron chi connectivity index (χ1n) is 9.50. The summed E-state index contributed by atoms with van der Waals surface area (Å²) in [5.74, 6) is -1.91. The van der Waals surface area contributed by atoms with Crippen molar-refractivity contribution < 1.29 is 23.9 Å². The molecule has 1 unspecified atom stereocenters. The number of esters is 1. The van der Waals surface area contributed by atoms with Gasteiger partial charge in [0.05, 0.1) is 12.2 Å². The normalized spacial score (nSPS) is 20.0. The van der Waals surface area contributed by atoms with E-state index in [0.29, 0.717) is 16.8 Å². The van der Waals surface area contributed by atoms with Gasteiger partial charge in [-0.1, -0.05) is 48.5 Å². The van der Waals surface area contributed by atoms with Gasteiger partial charge in [-0.25, -0.2) is 4.79 Å². The predicted molar refractivity (Wildman–Crippen MR) is 109 cm³/mol. The van der Waals surface area contributed by atoms with Gasteiger partial charge in [0.2, 0.25) is 11.8 Å². The van der Waals surface area contributed by atoms with Crippen LogP contribution in [0.1, 0.15) is 29.8 Å². The maximum Gasteiger partial charge on any atom is 0.341 e. The molecule has 1 atom stereocenters. The number of rotatable bonds is 4. The van der Waals surface area contributed by atoms with Gasteiger partial charge in [-0.2, -0.15) is 0 Å². The zero-order valence-corrected chi connectivity index (χ0v) is 16.5. The maximum atomic E-state index is 13.6. The number of hydrogen-bond acceptors (Lipinski definition) is 6. The molecule has 1 amide bonds. The number of amides is 1. The first-order valence-corrected chi connectivity index (χ1v) is 9.50. The van der Waals surface area contributed by atoms with Crippen LogP contribution < -0.4 is 11.1 Å². The van der Waals surface area contributed by atoms with Gasteiger partial charge in [0.1, 0.15) is 16.7 Å². The summed E-state index contributed by atoms with van der Waals surface area (Å²) in [6, 6.07) is 15.4. The van der Waals surface area contributed by atoms with E-state index in [1.54, 1.807) is 68.4 Å².